The molecule has 8 heteroatoms. The monoisotopic (exact) mass is 441 g/mol. The highest BCUT2D eigenvalue weighted by atomic mass is 35.5. The Balaban J connectivity index is 2.02. The van der Waals surface area contributed by atoms with Crippen LogP contribution in [0.25, 0.3) is 0 Å². The van der Waals surface area contributed by atoms with E-state index in [2.05, 4.69) is 4.72 Å². The molecule has 0 aliphatic carbocycles. The number of carboxylic acids is 1. The predicted octanol–water partition coefficient (Wildman–Crippen LogP) is 5.31. The fraction of sp³-hybridized carbons (Fsp3) is 0.381. The number of aliphatic carboxylic acids is 1. The number of benzene rings is 2. The second-order valence-corrected chi connectivity index (χ2v) is 9.03. The van der Waals surface area contributed by atoms with Gasteiger partial charge in [0.2, 0.25) is 10.0 Å². The van der Waals surface area contributed by atoms with Gasteiger partial charge in [0.25, 0.3) is 0 Å². The number of halogens is 2. The molecule has 0 radical (unpaired) electrons. The molecule has 0 heterocycles. The van der Waals surface area contributed by atoms with Crippen LogP contribution in [0.15, 0.2) is 53.4 Å². The van der Waals surface area contributed by atoms with Gasteiger partial charge in [-0.1, -0.05) is 55.5 Å². The Morgan fingerprint density at radius 3 is 2.34 bits per heavy atom. The van der Waals surface area contributed by atoms with Crippen LogP contribution >= 0.6 is 11.6 Å². The van der Waals surface area contributed by atoms with Crippen molar-refractivity contribution in [1.29, 1.82) is 0 Å². The van der Waals surface area contributed by atoms with Crippen molar-refractivity contribution >= 4 is 27.6 Å². The maximum Gasteiger partial charge on any atom is 0.303 e. The lowest BCUT2D eigenvalue weighted by molar-refractivity contribution is -0.137. The fourth-order valence-electron chi connectivity index (χ4n) is 3.03. The van der Waals surface area contributed by atoms with E-state index in [4.69, 9.17) is 16.7 Å². The number of hydrogen-bond donors (Lipinski definition) is 2. The summed E-state index contributed by atoms with van der Waals surface area (Å²) in [5, 5.41) is 8.98. The molecule has 2 aromatic rings. The summed E-state index contributed by atoms with van der Waals surface area (Å²) in [7, 11) is -3.79. The average Bonchev–Trinajstić information content (AvgIpc) is 2.66. The first-order chi connectivity index (χ1) is 13.8. The third kappa shape index (κ3) is 8.12. The zero-order valence-corrected chi connectivity index (χ0v) is 17.6. The summed E-state index contributed by atoms with van der Waals surface area (Å²) < 4.78 is 41.5. The predicted molar refractivity (Wildman–Crippen MR) is 111 cm³/mol. The van der Waals surface area contributed by atoms with Gasteiger partial charge in [0.15, 0.2) is 0 Å². The van der Waals surface area contributed by atoms with Gasteiger partial charge in [-0.15, -0.1) is 0 Å². The summed E-state index contributed by atoms with van der Waals surface area (Å²) in [6.07, 6.45) is 4.66. The van der Waals surface area contributed by atoms with Crippen LogP contribution in [0.3, 0.4) is 0 Å². The molecule has 0 saturated heterocycles. The molecule has 1 unspecified atom stereocenters. The zero-order chi connectivity index (χ0) is 21.3. The summed E-state index contributed by atoms with van der Waals surface area (Å²) in [4.78, 5) is 10.6. The van der Waals surface area contributed by atoms with Gasteiger partial charge < -0.3 is 5.11 Å². The lowest BCUT2D eigenvalue weighted by Gasteiger charge is -2.19. The van der Waals surface area contributed by atoms with Crippen molar-refractivity contribution in [1.82, 2.24) is 4.72 Å². The standard InChI is InChI=1S/C21H25ClFNO4S/c22-17-7-6-8-19(15-17)29(27,28)24-20(16-11-13-18(23)14-12-16)9-4-2-1-3-5-10-21(25)26/h6-8,11-15,20,24H,1-5,9-10H2,(H,25,26). The fourth-order valence-corrected chi connectivity index (χ4v) is 4.59. The molecule has 5 nitrogen and oxygen atoms in total. The molecule has 158 valence electrons. The van der Waals surface area contributed by atoms with E-state index in [9.17, 15) is 17.6 Å². The third-order valence-corrected chi connectivity index (χ3v) is 6.26. The van der Waals surface area contributed by atoms with Crippen LogP contribution in [0, 0.1) is 5.82 Å². The normalized spacial score (nSPS) is 12.6. The molecule has 2 aromatic carbocycles. The van der Waals surface area contributed by atoms with Crippen molar-refractivity contribution in [2.24, 2.45) is 0 Å². The number of carbonyl (C=O) groups is 1. The highest BCUT2D eigenvalue weighted by Crippen LogP contribution is 2.24. The lowest BCUT2D eigenvalue weighted by Crippen LogP contribution is -2.28. The second-order valence-electron chi connectivity index (χ2n) is 6.88. The summed E-state index contributed by atoms with van der Waals surface area (Å²) in [5.74, 6) is -1.18. The Labute approximate surface area is 176 Å². The topological polar surface area (TPSA) is 83.5 Å². The molecule has 0 aromatic heterocycles. The number of unbranched alkanes of at least 4 members (excludes halogenated alkanes) is 4. The molecule has 0 spiro atoms. The SMILES string of the molecule is O=C(O)CCCCCCCC(NS(=O)(=O)c1cccc(Cl)c1)c1ccc(F)cc1. The second kappa shape index (κ2) is 11.3. The number of rotatable bonds is 12. The summed E-state index contributed by atoms with van der Waals surface area (Å²) in [6.45, 7) is 0. The molecule has 2 N–H and O–H groups in total. The van der Waals surface area contributed by atoms with E-state index in [1.165, 1.54) is 24.3 Å². The molecular formula is C21H25ClFNO4S. The highest BCUT2D eigenvalue weighted by Gasteiger charge is 2.21. The maximum atomic E-state index is 13.3. The summed E-state index contributed by atoms with van der Waals surface area (Å²) >= 11 is 5.91. The smallest absolute Gasteiger partial charge is 0.303 e. The van der Waals surface area contributed by atoms with Crippen molar-refractivity contribution in [3.8, 4) is 0 Å². The lowest BCUT2D eigenvalue weighted by atomic mass is 10.0. The van der Waals surface area contributed by atoms with Gasteiger partial charge >= 0.3 is 5.97 Å². The van der Waals surface area contributed by atoms with Gasteiger partial charge in [0, 0.05) is 17.5 Å². The van der Waals surface area contributed by atoms with Crippen LogP contribution in [0.2, 0.25) is 5.02 Å². The van der Waals surface area contributed by atoms with E-state index in [0.29, 0.717) is 23.4 Å². The Hall–Kier alpha value is -1.96. The van der Waals surface area contributed by atoms with Gasteiger partial charge in [-0.3, -0.25) is 4.79 Å². The largest absolute Gasteiger partial charge is 0.481 e. The summed E-state index contributed by atoms with van der Waals surface area (Å²) in [6, 6.07) is 11.3. The maximum absolute atomic E-state index is 13.3. The Morgan fingerprint density at radius 2 is 1.69 bits per heavy atom. The van der Waals surface area contributed by atoms with Crippen LogP contribution in [0.4, 0.5) is 4.39 Å². The first kappa shape index (κ1) is 23.3. The molecule has 29 heavy (non-hydrogen) atoms. The zero-order valence-electron chi connectivity index (χ0n) is 16.0. The molecule has 0 saturated carbocycles. The van der Waals surface area contributed by atoms with E-state index in [0.717, 1.165) is 25.7 Å². The van der Waals surface area contributed by atoms with Crippen LogP contribution in [-0.4, -0.2) is 19.5 Å². The van der Waals surface area contributed by atoms with Crippen molar-refractivity contribution in [3.05, 3.63) is 64.9 Å². The number of nitrogens with one attached hydrogen (secondary N) is 1. The minimum atomic E-state index is -3.79. The van der Waals surface area contributed by atoms with Crippen LogP contribution < -0.4 is 4.72 Å². The van der Waals surface area contributed by atoms with E-state index >= 15 is 0 Å². The number of carboxylic acid groups (broad SMARTS) is 1. The van der Waals surface area contributed by atoms with Gasteiger partial charge in [-0.2, -0.15) is 0 Å². The van der Waals surface area contributed by atoms with Crippen LogP contribution in [-0.2, 0) is 14.8 Å². The molecule has 0 fully saturated rings. The number of hydrogen-bond acceptors (Lipinski definition) is 3. The van der Waals surface area contributed by atoms with Gasteiger partial charge in [-0.05, 0) is 48.7 Å². The van der Waals surface area contributed by atoms with Gasteiger partial charge in [0.1, 0.15) is 5.82 Å². The molecule has 1 atom stereocenters. The molecule has 2 rings (SSSR count). The quantitative estimate of drug-likeness (QED) is 0.437. The average molecular weight is 442 g/mol. The molecule has 0 aliphatic heterocycles. The Kier molecular flexibility index (Phi) is 9.07. The third-order valence-electron chi connectivity index (χ3n) is 4.56. The van der Waals surface area contributed by atoms with E-state index in [-0.39, 0.29) is 17.1 Å². The molecule has 0 aliphatic rings. The van der Waals surface area contributed by atoms with Gasteiger partial charge in [-0.25, -0.2) is 17.5 Å². The molecular weight excluding hydrogens is 417 g/mol. The van der Waals surface area contributed by atoms with Crippen molar-refractivity contribution < 1.29 is 22.7 Å². The Morgan fingerprint density at radius 1 is 1.03 bits per heavy atom. The van der Waals surface area contributed by atoms with Gasteiger partial charge in [0.05, 0.1) is 4.90 Å². The minimum absolute atomic E-state index is 0.0748. The van der Waals surface area contributed by atoms with Crippen LogP contribution in [0.1, 0.15) is 56.6 Å². The molecule has 0 amide bonds. The number of sulfonamides is 1. The highest BCUT2D eigenvalue weighted by molar-refractivity contribution is 7.89. The van der Waals surface area contributed by atoms with Crippen molar-refractivity contribution in [3.63, 3.8) is 0 Å². The van der Waals surface area contributed by atoms with Crippen LogP contribution in [0.5, 0.6) is 0 Å². The van der Waals surface area contributed by atoms with Crippen molar-refractivity contribution in [2.45, 2.75) is 55.9 Å². The molecule has 0 bridgehead atoms. The van der Waals surface area contributed by atoms with E-state index in [1.807, 2.05) is 0 Å². The van der Waals surface area contributed by atoms with E-state index < -0.39 is 22.0 Å². The van der Waals surface area contributed by atoms with E-state index in [1.54, 1.807) is 24.3 Å². The summed E-state index contributed by atoms with van der Waals surface area (Å²) in [5.41, 5.74) is 0.683. The minimum Gasteiger partial charge on any atom is -0.481 e. The first-order valence-corrected chi connectivity index (χ1v) is 11.4. The Bertz CT molecular complexity index is 903. The van der Waals surface area contributed by atoms with Crippen molar-refractivity contribution in [2.75, 3.05) is 0 Å². The first-order valence-electron chi connectivity index (χ1n) is 9.53.